The fraction of sp³-hybridized carbons (Fsp3) is 0.455. The van der Waals surface area contributed by atoms with Gasteiger partial charge in [0, 0.05) is 50.3 Å². The minimum absolute atomic E-state index is 0.550. The van der Waals surface area contributed by atoms with Gasteiger partial charge in [-0.25, -0.2) is 9.67 Å². The first-order valence-corrected chi connectivity index (χ1v) is 10.2. The molecule has 1 aliphatic heterocycles. The summed E-state index contributed by atoms with van der Waals surface area (Å²) in [6.45, 7) is 6.62. The highest BCUT2D eigenvalue weighted by molar-refractivity contribution is 5.33. The lowest BCUT2D eigenvalue weighted by Gasteiger charge is -2.32. The average Bonchev–Trinajstić information content (AvgIpc) is 3.39. The summed E-state index contributed by atoms with van der Waals surface area (Å²) in [5.74, 6) is 1.83. The van der Waals surface area contributed by atoms with Crippen LogP contribution in [-0.4, -0.2) is 37.3 Å². The first-order chi connectivity index (χ1) is 13.3. The molecule has 0 bridgehead atoms. The molecule has 0 radical (unpaired) electrons. The molecule has 2 aromatic heterocycles. The van der Waals surface area contributed by atoms with E-state index >= 15 is 0 Å². The highest BCUT2D eigenvalue weighted by Crippen LogP contribution is 2.27. The van der Waals surface area contributed by atoms with Gasteiger partial charge in [0.1, 0.15) is 5.82 Å². The van der Waals surface area contributed by atoms with E-state index in [1.165, 1.54) is 43.6 Å². The predicted octanol–water partition coefficient (Wildman–Crippen LogP) is 4.25. The SMILES string of the molecule is CCCCn1ccnc1[C@H]1CCCN(Cc2ccc(-n3cccn3)cc2)C1. The number of aromatic nitrogens is 4. The summed E-state index contributed by atoms with van der Waals surface area (Å²) in [7, 11) is 0. The lowest BCUT2D eigenvalue weighted by Crippen LogP contribution is -2.35. The number of imidazole rings is 1. The van der Waals surface area contributed by atoms with Gasteiger partial charge >= 0.3 is 0 Å². The quantitative estimate of drug-likeness (QED) is 0.630. The van der Waals surface area contributed by atoms with Crippen molar-refractivity contribution in [1.82, 2.24) is 24.2 Å². The Morgan fingerprint density at radius 2 is 2.00 bits per heavy atom. The molecule has 0 spiro atoms. The highest BCUT2D eigenvalue weighted by atomic mass is 15.3. The van der Waals surface area contributed by atoms with E-state index in [0.717, 1.165) is 25.3 Å². The summed E-state index contributed by atoms with van der Waals surface area (Å²) in [5.41, 5.74) is 2.47. The Kier molecular flexibility index (Phi) is 5.68. The third kappa shape index (κ3) is 4.30. The van der Waals surface area contributed by atoms with Crippen LogP contribution >= 0.6 is 0 Å². The van der Waals surface area contributed by atoms with Crippen molar-refractivity contribution in [2.24, 2.45) is 0 Å². The molecule has 1 aliphatic rings. The van der Waals surface area contributed by atoms with Gasteiger partial charge in [-0.1, -0.05) is 25.5 Å². The van der Waals surface area contributed by atoms with Crippen molar-refractivity contribution in [2.75, 3.05) is 13.1 Å². The topological polar surface area (TPSA) is 38.9 Å². The lowest BCUT2D eigenvalue weighted by molar-refractivity contribution is 0.194. The van der Waals surface area contributed by atoms with Crippen LogP contribution in [0.1, 0.15) is 49.9 Å². The van der Waals surface area contributed by atoms with Crippen molar-refractivity contribution in [2.45, 2.75) is 51.6 Å². The minimum atomic E-state index is 0.550. The van der Waals surface area contributed by atoms with Crippen molar-refractivity contribution in [1.29, 1.82) is 0 Å². The van der Waals surface area contributed by atoms with E-state index in [2.05, 4.69) is 52.0 Å². The predicted molar refractivity (Wildman–Crippen MR) is 108 cm³/mol. The second kappa shape index (κ2) is 8.53. The number of likely N-dealkylation sites (tertiary alicyclic amines) is 1. The summed E-state index contributed by atoms with van der Waals surface area (Å²) in [6.07, 6.45) is 12.9. The maximum absolute atomic E-state index is 4.70. The number of rotatable bonds is 7. The standard InChI is InChI=1S/C22H29N5/c1-2-3-14-26-16-12-23-22(26)20-6-4-13-25(18-20)17-19-7-9-21(10-8-19)27-15-5-11-24-27/h5,7-12,15-16,20H,2-4,6,13-14,17-18H2,1H3/t20-/m0/s1. The van der Waals surface area contributed by atoms with Gasteiger partial charge in [0.05, 0.1) is 5.69 Å². The van der Waals surface area contributed by atoms with Crippen LogP contribution in [0, 0.1) is 0 Å². The summed E-state index contributed by atoms with van der Waals surface area (Å²) < 4.78 is 4.27. The lowest BCUT2D eigenvalue weighted by atomic mass is 9.96. The zero-order chi connectivity index (χ0) is 18.5. The van der Waals surface area contributed by atoms with Gasteiger partial charge in [0.25, 0.3) is 0 Å². The number of aryl methyl sites for hydroxylation is 1. The second-order valence-corrected chi connectivity index (χ2v) is 7.52. The summed E-state index contributed by atoms with van der Waals surface area (Å²) in [4.78, 5) is 7.28. The summed E-state index contributed by atoms with van der Waals surface area (Å²) in [5, 5.41) is 4.30. The Hall–Kier alpha value is -2.40. The Morgan fingerprint density at radius 3 is 2.78 bits per heavy atom. The van der Waals surface area contributed by atoms with Crippen LogP contribution < -0.4 is 0 Å². The van der Waals surface area contributed by atoms with Crippen molar-refractivity contribution in [3.05, 3.63) is 66.5 Å². The van der Waals surface area contributed by atoms with E-state index in [1.54, 1.807) is 0 Å². The molecule has 1 aromatic carbocycles. The molecule has 1 saturated heterocycles. The number of hydrogen-bond donors (Lipinski definition) is 0. The fourth-order valence-corrected chi connectivity index (χ4v) is 4.04. The van der Waals surface area contributed by atoms with Gasteiger partial charge in [0.2, 0.25) is 0 Å². The molecular formula is C22H29N5. The summed E-state index contributed by atoms with van der Waals surface area (Å²) >= 11 is 0. The molecule has 142 valence electrons. The minimum Gasteiger partial charge on any atom is -0.335 e. The molecule has 0 N–H and O–H groups in total. The normalized spacial score (nSPS) is 18.0. The van der Waals surface area contributed by atoms with Crippen LogP contribution in [0.2, 0.25) is 0 Å². The molecule has 4 rings (SSSR count). The number of piperidine rings is 1. The van der Waals surface area contributed by atoms with Crippen molar-refractivity contribution in [3.63, 3.8) is 0 Å². The van der Waals surface area contributed by atoms with Crippen molar-refractivity contribution in [3.8, 4) is 5.69 Å². The van der Waals surface area contributed by atoms with Gasteiger partial charge < -0.3 is 4.57 Å². The number of unbranched alkanes of at least 4 members (excludes halogenated alkanes) is 1. The maximum atomic E-state index is 4.70. The third-order valence-corrected chi connectivity index (χ3v) is 5.48. The zero-order valence-corrected chi connectivity index (χ0v) is 16.2. The van der Waals surface area contributed by atoms with E-state index in [1.807, 2.05) is 29.3 Å². The van der Waals surface area contributed by atoms with Crippen molar-refractivity contribution < 1.29 is 0 Å². The number of benzene rings is 1. The van der Waals surface area contributed by atoms with Gasteiger partial charge in [-0.15, -0.1) is 0 Å². The number of nitrogens with zero attached hydrogens (tertiary/aromatic N) is 5. The van der Waals surface area contributed by atoms with Crippen LogP contribution in [0.3, 0.4) is 0 Å². The molecule has 0 saturated carbocycles. The molecular weight excluding hydrogens is 334 g/mol. The van der Waals surface area contributed by atoms with E-state index in [9.17, 15) is 0 Å². The third-order valence-electron chi connectivity index (χ3n) is 5.48. The van der Waals surface area contributed by atoms with Gasteiger partial charge in [-0.05, 0) is 49.6 Å². The van der Waals surface area contributed by atoms with Crippen LogP contribution in [-0.2, 0) is 13.1 Å². The van der Waals surface area contributed by atoms with Crippen LogP contribution in [0.5, 0.6) is 0 Å². The highest BCUT2D eigenvalue weighted by Gasteiger charge is 2.24. The van der Waals surface area contributed by atoms with Crippen LogP contribution in [0.25, 0.3) is 5.69 Å². The smallest absolute Gasteiger partial charge is 0.113 e. The Bertz CT molecular complexity index is 819. The molecule has 3 aromatic rings. The fourth-order valence-electron chi connectivity index (χ4n) is 4.04. The van der Waals surface area contributed by atoms with Crippen LogP contribution in [0.15, 0.2) is 55.1 Å². The molecule has 0 unspecified atom stereocenters. The average molecular weight is 364 g/mol. The number of hydrogen-bond acceptors (Lipinski definition) is 3. The molecule has 1 atom stereocenters. The Labute approximate surface area is 161 Å². The van der Waals surface area contributed by atoms with E-state index < -0.39 is 0 Å². The molecule has 0 aliphatic carbocycles. The van der Waals surface area contributed by atoms with Crippen LogP contribution in [0.4, 0.5) is 0 Å². The molecule has 27 heavy (non-hydrogen) atoms. The second-order valence-electron chi connectivity index (χ2n) is 7.52. The van der Waals surface area contributed by atoms with E-state index in [-0.39, 0.29) is 0 Å². The van der Waals surface area contributed by atoms with Gasteiger partial charge in [-0.3, -0.25) is 4.90 Å². The summed E-state index contributed by atoms with van der Waals surface area (Å²) in [6, 6.07) is 10.7. The van der Waals surface area contributed by atoms with Gasteiger partial charge in [-0.2, -0.15) is 5.10 Å². The first-order valence-electron chi connectivity index (χ1n) is 10.2. The largest absolute Gasteiger partial charge is 0.335 e. The first kappa shape index (κ1) is 18.0. The van der Waals surface area contributed by atoms with E-state index in [0.29, 0.717) is 5.92 Å². The molecule has 0 amide bonds. The molecule has 3 heterocycles. The molecule has 5 nitrogen and oxygen atoms in total. The monoisotopic (exact) mass is 363 g/mol. The van der Waals surface area contributed by atoms with Crippen molar-refractivity contribution >= 4 is 0 Å². The van der Waals surface area contributed by atoms with Gasteiger partial charge in [0.15, 0.2) is 0 Å². The molecule has 1 fully saturated rings. The maximum Gasteiger partial charge on any atom is 0.113 e. The molecule has 5 heteroatoms. The Morgan fingerprint density at radius 1 is 1.11 bits per heavy atom. The Balaban J connectivity index is 1.39. The zero-order valence-electron chi connectivity index (χ0n) is 16.2. The van der Waals surface area contributed by atoms with E-state index in [4.69, 9.17) is 4.98 Å².